The molecule has 4 aromatic rings. The predicted molar refractivity (Wildman–Crippen MR) is 135 cm³/mol. The largest absolute Gasteiger partial charge is 0.493 e. The Bertz CT molecular complexity index is 1440. The van der Waals surface area contributed by atoms with E-state index in [9.17, 15) is 4.79 Å². The normalized spacial score (nSPS) is 11.3. The van der Waals surface area contributed by atoms with E-state index in [1.54, 1.807) is 50.6 Å². The SMILES string of the molecule is COc1cccc(C=Nn2c(C)nc3ccc(Br)cc3c2=O)c1OCc1ccc(Cl)c(Cl)c1. The lowest BCUT2D eigenvalue weighted by Gasteiger charge is -2.14. The second-order valence-electron chi connectivity index (χ2n) is 7.10. The summed E-state index contributed by atoms with van der Waals surface area (Å²) in [5.74, 6) is 1.48. The molecule has 0 saturated carbocycles. The van der Waals surface area contributed by atoms with Gasteiger partial charge in [-0.25, -0.2) is 4.98 Å². The Morgan fingerprint density at radius 2 is 1.94 bits per heavy atom. The molecular weight excluding hydrogens is 529 g/mol. The van der Waals surface area contributed by atoms with Gasteiger partial charge in [-0.05, 0) is 55.0 Å². The smallest absolute Gasteiger partial charge is 0.282 e. The summed E-state index contributed by atoms with van der Waals surface area (Å²) in [6.07, 6.45) is 1.55. The fourth-order valence-corrected chi connectivity index (χ4v) is 3.93. The molecule has 0 atom stereocenters. The van der Waals surface area contributed by atoms with Gasteiger partial charge in [0.1, 0.15) is 12.4 Å². The zero-order chi connectivity index (χ0) is 23.5. The van der Waals surface area contributed by atoms with Crippen LogP contribution in [-0.2, 0) is 6.61 Å². The van der Waals surface area contributed by atoms with Crippen LogP contribution in [0.4, 0.5) is 0 Å². The Hall–Kier alpha value is -2.87. The Balaban J connectivity index is 1.70. The molecule has 0 unspecified atom stereocenters. The minimum Gasteiger partial charge on any atom is -0.493 e. The van der Waals surface area contributed by atoms with Crippen LogP contribution in [0.15, 0.2) is 69.0 Å². The summed E-state index contributed by atoms with van der Waals surface area (Å²) in [5.41, 5.74) is 1.82. The number of fused-ring (bicyclic) bond motifs is 1. The third-order valence-electron chi connectivity index (χ3n) is 4.88. The second kappa shape index (κ2) is 9.95. The van der Waals surface area contributed by atoms with Crippen molar-refractivity contribution in [2.45, 2.75) is 13.5 Å². The van der Waals surface area contributed by atoms with E-state index in [1.807, 2.05) is 24.3 Å². The highest BCUT2D eigenvalue weighted by molar-refractivity contribution is 9.10. The summed E-state index contributed by atoms with van der Waals surface area (Å²) < 4.78 is 13.6. The van der Waals surface area contributed by atoms with E-state index >= 15 is 0 Å². The minimum atomic E-state index is -0.267. The van der Waals surface area contributed by atoms with Crippen molar-refractivity contribution in [1.82, 2.24) is 9.66 Å². The number of aromatic nitrogens is 2. The van der Waals surface area contributed by atoms with Gasteiger partial charge in [-0.15, -0.1) is 0 Å². The van der Waals surface area contributed by atoms with E-state index < -0.39 is 0 Å². The Kier molecular flexibility index (Phi) is 7.02. The van der Waals surface area contributed by atoms with Gasteiger partial charge in [0.2, 0.25) is 0 Å². The van der Waals surface area contributed by atoms with Gasteiger partial charge >= 0.3 is 0 Å². The zero-order valence-corrected chi connectivity index (χ0v) is 20.8. The van der Waals surface area contributed by atoms with Crippen LogP contribution in [0, 0.1) is 6.92 Å². The summed E-state index contributed by atoms with van der Waals surface area (Å²) in [5, 5.41) is 5.79. The maximum Gasteiger partial charge on any atom is 0.282 e. The van der Waals surface area contributed by atoms with Gasteiger partial charge in [-0.1, -0.05) is 51.3 Å². The number of ether oxygens (including phenoxy) is 2. The highest BCUT2D eigenvalue weighted by Gasteiger charge is 2.12. The monoisotopic (exact) mass is 545 g/mol. The van der Waals surface area contributed by atoms with Crippen molar-refractivity contribution in [3.05, 3.63) is 96.4 Å². The van der Waals surface area contributed by atoms with Gasteiger partial charge in [0.25, 0.3) is 5.56 Å². The van der Waals surface area contributed by atoms with Crippen molar-refractivity contribution < 1.29 is 9.47 Å². The Morgan fingerprint density at radius 3 is 2.70 bits per heavy atom. The average molecular weight is 547 g/mol. The third-order valence-corrected chi connectivity index (χ3v) is 6.11. The molecule has 0 spiro atoms. The minimum absolute atomic E-state index is 0.239. The van der Waals surface area contributed by atoms with Crippen molar-refractivity contribution in [3.63, 3.8) is 0 Å². The molecule has 1 aromatic heterocycles. The molecule has 0 aliphatic carbocycles. The first-order valence-electron chi connectivity index (χ1n) is 9.84. The van der Waals surface area contributed by atoms with Crippen molar-refractivity contribution >= 4 is 56.2 Å². The van der Waals surface area contributed by atoms with Crippen LogP contribution in [0.5, 0.6) is 11.5 Å². The van der Waals surface area contributed by atoms with Gasteiger partial charge in [0, 0.05) is 10.0 Å². The summed E-state index contributed by atoms with van der Waals surface area (Å²) in [6.45, 7) is 1.97. The summed E-state index contributed by atoms with van der Waals surface area (Å²) in [6, 6.07) is 16.1. The highest BCUT2D eigenvalue weighted by atomic mass is 79.9. The lowest BCUT2D eigenvalue weighted by molar-refractivity contribution is 0.284. The number of hydrogen-bond donors (Lipinski definition) is 0. The average Bonchev–Trinajstić information content (AvgIpc) is 2.80. The van der Waals surface area contributed by atoms with Crippen LogP contribution >= 0.6 is 39.1 Å². The van der Waals surface area contributed by atoms with Crippen LogP contribution < -0.4 is 15.0 Å². The molecule has 0 bridgehead atoms. The zero-order valence-electron chi connectivity index (χ0n) is 17.7. The number of aryl methyl sites for hydroxylation is 1. The topological polar surface area (TPSA) is 65.7 Å². The van der Waals surface area contributed by atoms with E-state index in [0.29, 0.717) is 43.8 Å². The summed E-state index contributed by atoms with van der Waals surface area (Å²) >= 11 is 15.5. The van der Waals surface area contributed by atoms with Crippen molar-refractivity contribution in [1.29, 1.82) is 0 Å². The lowest BCUT2D eigenvalue weighted by Crippen LogP contribution is -2.20. The molecule has 0 fully saturated rings. The van der Waals surface area contributed by atoms with Crippen LogP contribution in [0.1, 0.15) is 17.0 Å². The number of rotatable bonds is 6. The quantitative estimate of drug-likeness (QED) is 0.268. The molecule has 3 aromatic carbocycles. The van der Waals surface area contributed by atoms with E-state index in [1.165, 1.54) is 4.68 Å². The van der Waals surface area contributed by atoms with Crippen LogP contribution in [0.25, 0.3) is 10.9 Å². The molecule has 0 saturated heterocycles. The molecule has 9 heteroatoms. The molecule has 1 heterocycles. The first-order valence-corrected chi connectivity index (χ1v) is 11.4. The molecule has 0 radical (unpaired) electrons. The maximum atomic E-state index is 13.0. The van der Waals surface area contributed by atoms with E-state index in [2.05, 4.69) is 26.0 Å². The third kappa shape index (κ3) is 5.05. The van der Waals surface area contributed by atoms with Crippen molar-refractivity contribution in [2.24, 2.45) is 5.10 Å². The molecule has 4 rings (SSSR count). The van der Waals surface area contributed by atoms with Crippen LogP contribution in [0.2, 0.25) is 10.0 Å². The molecule has 168 valence electrons. The number of benzene rings is 3. The molecule has 0 amide bonds. The Labute approximate surface area is 208 Å². The van der Waals surface area contributed by atoms with Gasteiger partial charge in [0.15, 0.2) is 11.5 Å². The van der Waals surface area contributed by atoms with Gasteiger partial charge < -0.3 is 9.47 Å². The molecule has 0 aliphatic rings. The molecule has 0 aliphatic heterocycles. The van der Waals surface area contributed by atoms with E-state index in [0.717, 1.165) is 10.0 Å². The first-order chi connectivity index (χ1) is 15.9. The number of halogens is 3. The number of hydrogen-bond acceptors (Lipinski definition) is 5. The van der Waals surface area contributed by atoms with Gasteiger partial charge in [0.05, 0.1) is 34.3 Å². The number of methoxy groups -OCH3 is 1. The molecular formula is C24H18BrCl2N3O3. The standard InChI is InChI=1S/C24H18BrCl2N3O3/c1-14-29-21-9-7-17(25)11-18(21)24(31)30(14)28-12-16-4-3-5-22(32-2)23(16)33-13-15-6-8-19(26)20(27)10-15/h3-12H,13H2,1-2H3. The van der Waals surface area contributed by atoms with Crippen LogP contribution in [0.3, 0.4) is 0 Å². The second-order valence-corrected chi connectivity index (χ2v) is 8.83. The van der Waals surface area contributed by atoms with Crippen molar-refractivity contribution in [3.8, 4) is 11.5 Å². The number of nitrogens with zero attached hydrogens (tertiary/aromatic N) is 3. The highest BCUT2D eigenvalue weighted by Crippen LogP contribution is 2.31. The van der Waals surface area contributed by atoms with Gasteiger partial charge in [-0.2, -0.15) is 9.78 Å². The summed E-state index contributed by atoms with van der Waals surface area (Å²) in [7, 11) is 1.56. The maximum absolute atomic E-state index is 13.0. The van der Waals surface area contributed by atoms with E-state index in [4.69, 9.17) is 32.7 Å². The molecule has 6 nitrogen and oxygen atoms in total. The molecule has 0 N–H and O–H groups in total. The van der Waals surface area contributed by atoms with E-state index in [-0.39, 0.29) is 12.2 Å². The fraction of sp³-hybridized carbons (Fsp3) is 0.125. The molecule has 33 heavy (non-hydrogen) atoms. The predicted octanol–water partition coefficient (Wildman–Crippen LogP) is 6.24. The number of para-hydroxylation sites is 1. The Morgan fingerprint density at radius 1 is 1.12 bits per heavy atom. The first kappa shape index (κ1) is 23.3. The lowest BCUT2D eigenvalue weighted by atomic mass is 10.2. The summed E-state index contributed by atoms with van der Waals surface area (Å²) in [4.78, 5) is 17.5. The van der Waals surface area contributed by atoms with Crippen LogP contribution in [-0.4, -0.2) is 23.0 Å². The van der Waals surface area contributed by atoms with Gasteiger partial charge in [-0.3, -0.25) is 4.79 Å². The fourth-order valence-electron chi connectivity index (χ4n) is 3.25. The van der Waals surface area contributed by atoms with Crippen molar-refractivity contribution in [2.75, 3.05) is 7.11 Å².